The van der Waals surface area contributed by atoms with E-state index in [-0.39, 0.29) is 0 Å². The minimum atomic E-state index is 0.638. The first-order chi connectivity index (χ1) is 9.86. The van der Waals surface area contributed by atoms with Crippen LogP contribution in [0.25, 0.3) is 0 Å². The molecule has 2 fully saturated rings. The maximum Gasteiger partial charge on any atom is 0.247 e. The second-order valence-corrected chi connectivity index (χ2v) is 4.84. The number of amides is 1. The summed E-state index contributed by atoms with van der Waals surface area (Å²) in [5, 5.41) is 8.16. The number of hydrogen-bond donors (Lipinski definition) is 0. The topological polar surface area (TPSA) is 74.7 Å². The van der Waals surface area contributed by atoms with Gasteiger partial charge in [-0.15, -0.1) is 5.10 Å². The predicted octanol–water partition coefficient (Wildman–Crippen LogP) is -1.01. The van der Waals surface area contributed by atoms with Crippen LogP contribution in [0.4, 0.5) is 11.8 Å². The van der Waals surface area contributed by atoms with E-state index >= 15 is 0 Å². The molecule has 3 rings (SSSR count). The third-order valence-corrected chi connectivity index (χ3v) is 3.62. The van der Waals surface area contributed by atoms with Crippen LogP contribution < -0.4 is 9.80 Å². The van der Waals surface area contributed by atoms with Gasteiger partial charge in [-0.2, -0.15) is 10.1 Å². The molecule has 20 heavy (non-hydrogen) atoms. The smallest absolute Gasteiger partial charge is 0.247 e. The van der Waals surface area contributed by atoms with Gasteiger partial charge in [0.15, 0.2) is 5.82 Å². The lowest BCUT2D eigenvalue weighted by atomic mass is 10.3. The van der Waals surface area contributed by atoms with Crippen molar-refractivity contribution in [3.8, 4) is 0 Å². The molecule has 0 aliphatic carbocycles. The number of hydrogen-bond acceptors (Lipinski definition) is 7. The molecule has 2 aliphatic rings. The van der Waals surface area contributed by atoms with Crippen LogP contribution in [-0.2, 0) is 9.53 Å². The fraction of sp³-hybridized carbons (Fsp3) is 0.667. The zero-order valence-electron chi connectivity index (χ0n) is 11.3. The van der Waals surface area contributed by atoms with Gasteiger partial charge in [0.1, 0.15) is 0 Å². The van der Waals surface area contributed by atoms with E-state index in [2.05, 4.69) is 25.0 Å². The highest BCUT2D eigenvalue weighted by Gasteiger charge is 2.20. The Labute approximate surface area is 117 Å². The maximum absolute atomic E-state index is 10.7. The molecule has 0 bridgehead atoms. The van der Waals surface area contributed by atoms with Crippen molar-refractivity contribution in [2.45, 2.75) is 0 Å². The van der Waals surface area contributed by atoms with Crippen LogP contribution in [0.1, 0.15) is 0 Å². The van der Waals surface area contributed by atoms with Crippen molar-refractivity contribution in [3.05, 3.63) is 6.20 Å². The number of piperazine rings is 1. The van der Waals surface area contributed by atoms with Gasteiger partial charge in [-0.25, -0.2) is 0 Å². The number of carbonyl (C=O) groups excluding carboxylic acids is 1. The lowest BCUT2D eigenvalue weighted by molar-refractivity contribution is -0.118. The second-order valence-electron chi connectivity index (χ2n) is 4.84. The zero-order valence-corrected chi connectivity index (χ0v) is 11.3. The highest BCUT2D eigenvalue weighted by molar-refractivity contribution is 5.48. The van der Waals surface area contributed by atoms with Crippen LogP contribution in [0.15, 0.2) is 6.20 Å². The van der Waals surface area contributed by atoms with Gasteiger partial charge >= 0.3 is 0 Å². The quantitative estimate of drug-likeness (QED) is 0.656. The van der Waals surface area contributed by atoms with Gasteiger partial charge in [-0.1, -0.05) is 0 Å². The molecule has 2 aliphatic heterocycles. The monoisotopic (exact) mass is 278 g/mol. The SMILES string of the molecule is O=CN1CCN(c2nncc(N3CCOCC3)n2)CC1. The highest BCUT2D eigenvalue weighted by atomic mass is 16.5. The van der Waals surface area contributed by atoms with Crippen LogP contribution in [0.2, 0.25) is 0 Å². The lowest BCUT2D eigenvalue weighted by Crippen LogP contribution is -2.46. The van der Waals surface area contributed by atoms with Crippen molar-refractivity contribution in [2.24, 2.45) is 0 Å². The Morgan fingerprint density at radius 3 is 2.50 bits per heavy atom. The predicted molar refractivity (Wildman–Crippen MR) is 72.7 cm³/mol. The summed E-state index contributed by atoms with van der Waals surface area (Å²) in [6, 6.07) is 0. The molecule has 0 N–H and O–H groups in total. The lowest BCUT2D eigenvalue weighted by Gasteiger charge is -2.33. The van der Waals surface area contributed by atoms with Crippen molar-refractivity contribution >= 4 is 18.2 Å². The van der Waals surface area contributed by atoms with E-state index in [0.29, 0.717) is 19.0 Å². The summed E-state index contributed by atoms with van der Waals surface area (Å²) < 4.78 is 5.34. The first-order valence-electron chi connectivity index (χ1n) is 6.83. The molecular formula is C12H18N6O2. The van der Waals surface area contributed by atoms with Crippen LogP contribution in [-0.4, -0.2) is 79.0 Å². The Bertz CT molecular complexity index is 457. The van der Waals surface area contributed by atoms with E-state index in [1.807, 2.05) is 0 Å². The summed E-state index contributed by atoms with van der Waals surface area (Å²) in [5.74, 6) is 1.48. The van der Waals surface area contributed by atoms with E-state index < -0.39 is 0 Å². The Balaban J connectivity index is 1.69. The molecule has 3 heterocycles. The Kier molecular flexibility index (Phi) is 3.91. The summed E-state index contributed by atoms with van der Waals surface area (Å²) in [6.07, 6.45) is 2.58. The first kappa shape index (κ1) is 13.0. The number of rotatable bonds is 3. The van der Waals surface area contributed by atoms with Gasteiger partial charge < -0.3 is 19.4 Å². The van der Waals surface area contributed by atoms with Crippen LogP contribution in [0, 0.1) is 0 Å². The molecule has 0 spiro atoms. The molecule has 0 aromatic carbocycles. The molecule has 108 valence electrons. The van der Waals surface area contributed by atoms with Gasteiger partial charge in [0, 0.05) is 39.3 Å². The summed E-state index contributed by atoms with van der Waals surface area (Å²) in [7, 11) is 0. The number of ether oxygens (including phenoxy) is 1. The first-order valence-corrected chi connectivity index (χ1v) is 6.83. The number of carbonyl (C=O) groups is 1. The van der Waals surface area contributed by atoms with Gasteiger partial charge in [0.2, 0.25) is 12.4 Å². The fourth-order valence-electron chi connectivity index (χ4n) is 2.39. The molecule has 8 nitrogen and oxygen atoms in total. The van der Waals surface area contributed by atoms with Crippen molar-refractivity contribution in [1.82, 2.24) is 20.1 Å². The average Bonchev–Trinajstić information content (AvgIpc) is 2.56. The molecule has 1 amide bonds. The average molecular weight is 278 g/mol. The minimum Gasteiger partial charge on any atom is -0.378 e. The van der Waals surface area contributed by atoms with E-state index in [0.717, 1.165) is 51.6 Å². The molecule has 1 aromatic rings. The number of aromatic nitrogens is 3. The summed E-state index contributed by atoms with van der Waals surface area (Å²) in [6.45, 7) is 5.99. The number of anilines is 2. The van der Waals surface area contributed by atoms with Crippen molar-refractivity contribution in [1.29, 1.82) is 0 Å². The van der Waals surface area contributed by atoms with E-state index in [1.165, 1.54) is 0 Å². The van der Waals surface area contributed by atoms with Gasteiger partial charge in [-0.05, 0) is 0 Å². The highest BCUT2D eigenvalue weighted by Crippen LogP contribution is 2.15. The standard InChI is InChI=1S/C12H18N6O2/c19-10-16-1-3-18(4-2-16)12-14-11(9-13-15-12)17-5-7-20-8-6-17/h9-10H,1-8H2. The summed E-state index contributed by atoms with van der Waals surface area (Å²) in [4.78, 5) is 21.3. The molecular weight excluding hydrogens is 260 g/mol. The minimum absolute atomic E-state index is 0.638. The second kappa shape index (κ2) is 6.00. The van der Waals surface area contributed by atoms with E-state index in [9.17, 15) is 4.79 Å². The third-order valence-electron chi connectivity index (χ3n) is 3.62. The van der Waals surface area contributed by atoms with Gasteiger partial charge in [0.05, 0.1) is 19.4 Å². The molecule has 1 aromatic heterocycles. The Hall–Kier alpha value is -1.96. The molecule has 0 saturated carbocycles. The largest absolute Gasteiger partial charge is 0.378 e. The molecule has 2 saturated heterocycles. The number of morpholine rings is 1. The normalized spacial score (nSPS) is 20.1. The van der Waals surface area contributed by atoms with Crippen LogP contribution in [0.5, 0.6) is 0 Å². The summed E-state index contributed by atoms with van der Waals surface area (Å²) >= 11 is 0. The Morgan fingerprint density at radius 1 is 1.05 bits per heavy atom. The van der Waals surface area contributed by atoms with E-state index in [4.69, 9.17) is 4.74 Å². The Morgan fingerprint density at radius 2 is 1.80 bits per heavy atom. The van der Waals surface area contributed by atoms with Gasteiger partial charge in [0.25, 0.3) is 0 Å². The van der Waals surface area contributed by atoms with Crippen molar-refractivity contribution in [3.63, 3.8) is 0 Å². The van der Waals surface area contributed by atoms with E-state index in [1.54, 1.807) is 11.1 Å². The van der Waals surface area contributed by atoms with Gasteiger partial charge in [-0.3, -0.25) is 4.79 Å². The fourth-order valence-corrected chi connectivity index (χ4v) is 2.39. The number of nitrogens with zero attached hydrogens (tertiary/aromatic N) is 6. The third kappa shape index (κ3) is 2.79. The van der Waals surface area contributed by atoms with Crippen molar-refractivity contribution < 1.29 is 9.53 Å². The molecule has 8 heteroatoms. The van der Waals surface area contributed by atoms with Crippen LogP contribution in [0.3, 0.4) is 0 Å². The van der Waals surface area contributed by atoms with Crippen LogP contribution >= 0.6 is 0 Å². The maximum atomic E-state index is 10.7. The van der Waals surface area contributed by atoms with Crippen molar-refractivity contribution in [2.75, 3.05) is 62.3 Å². The summed E-state index contributed by atoms with van der Waals surface area (Å²) in [5.41, 5.74) is 0. The molecule has 0 atom stereocenters. The molecule has 0 unspecified atom stereocenters. The molecule has 0 radical (unpaired) electrons. The zero-order chi connectivity index (χ0) is 13.8.